The number of rotatable bonds is 5. The van der Waals surface area contributed by atoms with Crippen LogP contribution < -0.4 is 20.3 Å². The molecular formula is C24H21ClN2O4S. The van der Waals surface area contributed by atoms with E-state index in [9.17, 15) is 9.90 Å². The molecule has 8 heteroatoms. The molecule has 2 aromatic heterocycles. The van der Waals surface area contributed by atoms with E-state index >= 15 is 0 Å². The monoisotopic (exact) mass is 468 g/mol. The van der Waals surface area contributed by atoms with Crippen LogP contribution in [0.1, 0.15) is 0 Å². The van der Waals surface area contributed by atoms with Crippen molar-refractivity contribution >= 4 is 33.0 Å². The first-order valence-electron chi connectivity index (χ1n) is 10.2. The van der Waals surface area contributed by atoms with E-state index in [0.29, 0.717) is 40.0 Å². The molecule has 1 fully saturated rings. The quantitative estimate of drug-likeness (QED) is 0.461. The Bertz CT molecular complexity index is 1330. The molecule has 0 amide bonds. The highest BCUT2D eigenvalue weighted by Gasteiger charge is 2.27. The third kappa shape index (κ3) is 3.89. The SMILES string of the molecule is COc1cc(-n2ccc3cc(-c4ccc(Cl)cc4)sc3c2=O)ccc1O[C@H]1CNC[C@@H]1O. The summed E-state index contributed by atoms with van der Waals surface area (Å²) in [5.41, 5.74) is 1.60. The van der Waals surface area contributed by atoms with Crippen molar-refractivity contribution in [3.63, 3.8) is 0 Å². The minimum absolute atomic E-state index is 0.0983. The molecule has 1 aliphatic rings. The standard InChI is InChI=1S/C24H21ClN2O4S/c1-30-20-11-17(6-7-19(20)31-21-13-26-12-18(21)28)27-9-8-15-10-22(32-23(15)24(27)29)14-2-4-16(25)5-3-14/h2-11,18,21,26,28H,12-13H2,1H3/t18-,21-/m0/s1. The molecule has 0 saturated carbocycles. The number of pyridine rings is 1. The van der Waals surface area contributed by atoms with E-state index < -0.39 is 6.10 Å². The predicted octanol–water partition coefficient (Wildman–Crippen LogP) is 4.09. The third-order valence-electron chi connectivity index (χ3n) is 5.54. The first kappa shape index (κ1) is 21.0. The lowest BCUT2D eigenvalue weighted by molar-refractivity contribution is 0.0718. The number of thiophene rings is 1. The molecule has 3 heterocycles. The van der Waals surface area contributed by atoms with Crippen LogP contribution in [0.2, 0.25) is 5.02 Å². The summed E-state index contributed by atoms with van der Waals surface area (Å²) >= 11 is 7.46. The van der Waals surface area contributed by atoms with Crippen molar-refractivity contribution in [2.75, 3.05) is 20.2 Å². The Morgan fingerprint density at radius 3 is 2.62 bits per heavy atom. The van der Waals surface area contributed by atoms with Crippen molar-refractivity contribution < 1.29 is 14.6 Å². The smallest absolute Gasteiger partial charge is 0.273 e. The Morgan fingerprint density at radius 1 is 1.09 bits per heavy atom. The zero-order chi connectivity index (χ0) is 22.2. The molecule has 1 saturated heterocycles. The number of nitrogens with zero attached hydrogens (tertiary/aromatic N) is 1. The first-order valence-corrected chi connectivity index (χ1v) is 11.4. The topological polar surface area (TPSA) is 72.7 Å². The Kier molecular flexibility index (Phi) is 5.65. The normalized spacial score (nSPS) is 18.2. The summed E-state index contributed by atoms with van der Waals surface area (Å²) < 4.78 is 13.7. The molecule has 164 valence electrons. The number of ether oxygens (including phenoxy) is 2. The van der Waals surface area contributed by atoms with Crippen molar-refractivity contribution in [2.45, 2.75) is 12.2 Å². The minimum atomic E-state index is -0.571. The van der Waals surface area contributed by atoms with Crippen molar-refractivity contribution in [3.05, 3.63) is 76.2 Å². The van der Waals surface area contributed by atoms with E-state index in [2.05, 4.69) is 5.32 Å². The van der Waals surface area contributed by atoms with E-state index in [1.54, 1.807) is 30.0 Å². The third-order valence-corrected chi connectivity index (χ3v) is 6.98. The molecule has 6 nitrogen and oxygen atoms in total. The molecule has 0 radical (unpaired) electrons. The summed E-state index contributed by atoms with van der Waals surface area (Å²) in [6.45, 7) is 1.07. The van der Waals surface area contributed by atoms with Gasteiger partial charge in [-0.2, -0.15) is 0 Å². The van der Waals surface area contributed by atoms with Crippen LogP contribution in [0.3, 0.4) is 0 Å². The van der Waals surface area contributed by atoms with Crippen LogP contribution in [-0.2, 0) is 0 Å². The number of nitrogens with one attached hydrogen (secondary N) is 1. The average molecular weight is 469 g/mol. The molecule has 5 rings (SSSR count). The first-order chi connectivity index (χ1) is 15.5. The molecule has 0 aliphatic carbocycles. The number of aromatic nitrogens is 1. The number of halogens is 1. The second kappa shape index (κ2) is 8.60. The summed E-state index contributed by atoms with van der Waals surface area (Å²) in [5.74, 6) is 1.03. The fraction of sp³-hybridized carbons (Fsp3) is 0.208. The molecule has 0 unspecified atom stereocenters. The van der Waals surface area contributed by atoms with Gasteiger partial charge in [-0.1, -0.05) is 23.7 Å². The lowest BCUT2D eigenvalue weighted by Crippen LogP contribution is -2.30. The van der Waals surface area contributed by atoms with E-state index in [1.165, 1.54) is 11.3 Å². The van der Waals surface area contributed by atoms with E-state index in [0.717, 1.165) is 15.8 Å². The van der Waals surface area contributed by atoms with Gasteiger partial charge in [-0.05, 0) is 42.0 Å². The molecule has 2 aromatic carbocycles. The Morgan fingerprint density at radius 2 is 1.91 bits per heavy atom. The van der Waals surface area contributed by atoms with Crippen LogP contribution in [-0.4, -0.2) is 42.1 Å². The summed E-state index contributed by atoms with van der Waals surface area (Å²) in [6, 6.07) is 16.9. The number of methoxy groups -OCH3 is 1. The van der Waals surface area contributed by atoms with Gasteiger partial charge < -0.3 is 19.9 Å². The van der Waals surface area contributed by atoms with E-state index in [4.69, 9.17) is 21.1 Å². The van der Waals surface area contributed by atoms with Gasteiger partial charge in [0.2, 0.25) is 0 Å². The zero-order valence-electron chi connectivity index (χ0n) is 17.2. The molecule has 2 atom stereocenters. The Hall–Kier alpha value is -2.84. The number of hydrogen-bond acceptors (Lipinski definition) is 6. The van der Waals surface area contributed by atoms with Gasteiger partial charge >= 0.3 is 0 Å². The highest BCUT2D eigenvalue weighted by Crippen LogP contribution is 2.34. The van der Waals surface area contributed by atoms with Crippen molar-refractivity contribution in [1.29, 1.82) is 0 Å². The van der Waals surface area contributed by atoms with Gasteiger partial charge in [0.15, 0.2) is 11.5 Å². The van der Waals surface area contributed by atoms with Gasteiger partial charge in [0, 0.05) is 40.6 Å². The number of aliphatic hydroxyl groups excluding tert-OH is 1. The second-order valence-electron chi connectivity index (χ2n) is 7.61. The van der Waals surface area contributed by atoms with Gasteiger partial charge in [-0.3, -0.25) is 9.36 Å². The van der Waals surface area contributed by atoms with Crippen LogP contribution in [0.25, 0.3) is 26.2 Å². The van der Waals surface area contributed by atoms with Crippen LogP contribution >= 0.6 is 22.9 Å². The fourth-order valence-corrected chi connectivity index (χ4v) is 5.03. The maximum Gasteiger partial charge on any atom is 0.273 e. The van der Waals surface area contributed by atoms with Gasteiger partial charge in [0.25, 0.3) is 5.56 Å². The van der Waals surface area contributed by atoms with E-state index in [-0.39, 0.29) is 11.7 Å². The summed E-state index contributed by atoms with van der Waals surface area (Å²) in [6.07, 6.45) is 0.854. The number of fused-ring (bicyclic) bond motifs is 1. The van der Waals surface area contributed by atoms with Crippen LogP contribution in [0.4, 0.5) is 0 Å². The maximum absolute atomic E-state index is 13.3. The molecule has 1 aliphatic heterocycles. The highest BCUT2D eigenvalue weighted by molar-refractivity contribution is 7.22. The highest BCUT2D eigenvalue weighted by atomic mass is 35.5. The molecule has 32 heavy (non-hydrogen) atoms. The number of hydrogen-bond donors (Lipinski definition) is 2. The maximum atomic E-state index is 13.3. The zero-order valence-corrected chi connectivity index (χ0v) is 18.8. The average Bonchev–Trinajstić information content (AvgIpc) is 3.42. The van der Waals surface area contributed by atoms with Crippen LogP contribution in [0, 0.1) is 0 Å². The minimum Gasteiger partial charge on any atom is -0.493 e. The predicted molar refractivity (Wildman–Crippen MR) is 128 cm³/mol. The van der Waals surface area contributed by atoms with Gasteiger partial charge in [-0.15, -0.1) is 11.3 Å². The van der Waals surface area contributed by atoms with Crippen LogP contribution in [0.5, 0.6) is 11.5 Å². The van der Waals surface area contributed by atoms with Crippen molar-refractivity contribution in [1.82, 2.24) is 9.88 Å². The molecule has 2 N–H and O–H groups in total. The van der Waals surface area contributed by atoms with Gasteiger partial charge in [-0.25, -0.2) is 0 Å². The summed E-state index contributed by atoms with van der Waals surface area (Å²) in [7, 11) is 1.55. The Labute approximate surface area is 193 Å². The largest absolute Gasteiger partial charge is 0.493 e. The number of aliphatic hydroxyl groups is 1. The van der Waals surface area contributed by atoms with Crippen molar-refractivity contribution in [2.24, 2.45) is 0 Å². The van der Waals surface area contributed by atoms with Gasteiger partial charge in [0.05, 0.1) is 12.8 Å². The molecule has 0 spiro atoms. The summed E-state index contributed by atoms with van der Waals surface area (Å²) in [5, 5.41) is 14.7. The lowest BCUT2D eigenvalue weighted by Gasteiger charge is -2.19. The molecule has 4 aromatic rings. The fourth-order valence-electron chi connectivity index (χ4n) is 3.82. The molecular weight excluding hydrogens is 448 g/mol. The molecule has 0 bridgehead atoms. The second-order valence-corrected chi connectivity index (χ2v) is 9.10. The van der Waals surface area contributed by atoms with Crippen LogP contribution in [0.15, 0.2) is 65.6 Å². The summed E-state index contributed by atoms with van der Waals surface area (Å²) in [4.78, 5) is 14.3. The van der Waals surface area contributed by atoms with Crippen molar-refractivity contribution in [3.8, 4) is 27.6 Å². The van der Waals surface area contributed by atoms with E-state index in [1.807, 2.05) is 42.5 Å². The number of benzene rings is 2. The Balaban J connectivity index is 1.50. The van der Waals surface area contributed by atoms with Gasteiger partial charge in [0.1, 0.15) is 16.9 Å². The number of β-amino-alcohol motifs (C(OH)–C–C–N with tert-alkyl or cyclic N) is 1. The lowest BCUT2D eigenvalue weighted by atomic mass is 10.2.